The predicted molar refractivity (Wildman–Crippen MR) is 138 cm³/mol. The average molecular weight is 478 g/mol. The van der Waals surface area contributed by atoms with Crippen LogP contribution in [0.3, 0.4) is 0 Å². The maximum Gasteiger partial charge on any atom is 0.230 e. The summed E-state index contributed by atoms with van der Waals surface area (Å²) in [6.45, 7) is 1.24. The van der Waals surface area contributed by atoms with E-state index in [0.717, 1.165) is 50.2 Å². The van der Waals surface area contributed by atoms with Crippen molar-refractivity contribution in [2.45, 2.75) is 28.0 Å². The molecule has 1 aliphatic rings. The third kappa shape index (κ3) is 3.93. The Morgan fingerprint density at radius 2 is 1.74 bits per heavy atom. The van der Waals surface area contributed by atoms with Crippen molar-refractivity contribution < 1.29 is 9.84 Å². The fourth-order valence-corrected chi connectivity index (χ4v) is 5.83. The van der Waals surface area contributed by atoms with Crippen LogP contribution in [0.5, 0.6) is 5.88 Å². The molecule has 5 nitrogen and oxygen atoms in total. The third-order valence-corrected chi connectivity index (χ3v) is 7.76. The van der Waals surface area contributed by atoms with E-state index in [-0.39, 0.29) is 5.88 Å². The van der Waals surface area contributed by atoms with Crippen LogP contribution < -0.4 is 0 Å². The average Bonchev–Trinajstić information content (AvgIpc) is 3.29. The lowest BCUT2D eigenvalue weighted by molar-refractivity contribution is 0.0675. The van der Waals surface area contributed by atoms with Gasteiger partial charge in [-0.3, -0.25) is 4.40 Å². The second-order valence-corrected chi connectivity index (χ2v) is 10.0. The molecule has 35 heavy (non-hydrogen) atoms. The predicted octanol–water partition coefficient (Wildman–Crippen LogP) is 6.58. The molecule has 5 aromatic rings. The smallest absolute Gasteiger partial charge is 0.230 e. The summed E-state index contributed by atoms with van der Waals surface area (Å²) >= 11 is 1.67. The van der Waals surface area contributed by atoms with Crippen molar-refractivity contribution in [2.75, 3.05) is 13.2 Å². The molecule has 1 N–H and O–H groups in total. The van der Waals surface area contributed by atoms with Crippen LogP contribution in [0.4, 0.5) is 0 Å². The topological polar surface area (TPSA) is 70.5 Å². The lowest BCUT2D eigenvalue weighted by atomic mass is 9.75. The van der Waals surface area contributed by atoms with Gasteiger partial charge in [-0.2, -0.15) is 10.2 Å². The van der Waals surface area contributed by atoms with Crippen LogP contribution in [0.2, 0.25) is 0 Å². The monoisotopic (exact) mass is 477 g/mol. The molecule has 0 atom stereocenters. The maximum atomic E-state index is 10.1. The molecule has 0 bridgehead atoms. The summed E-state index contributed by atoms with van der Waals surface area (Å²) in [6, 6.07) is 29.5. The number of aromatic nitrogens is 2. The van der Waals surface area contributed by atoms with Crippen LogP contribution in [0.25, 0.3) is 27.7 Å². The summed E-state index contributed by atoms with van der Waals surface area (Å²) in [5, 5.41) is 21.2. The van der Waals surface area contributed by atoms with E-state index >= 15 is 0 Å². The number of benzene rings is 3. The Hall–Kier alpha value is -3.79. The largest absolute Gasteiger partial charge is 0.492 e. The Kier molecular flexibility index (Phi) is 5.44. The summed E-state index contributed by atoms with van der Waals surface area (Å²) in [7, 11) is 0. The minimum absolute atomic E-state index is 0.000493. The van der Waals surface area contributed by atoms with E-state index in [0.29, 0.717) is 18.9 Å². The van der Waals surface area contributed by atoms with Crippen LogP contribution in [0, 0.1) is 11.3 Å². The van der Waals surface area contributed by atoms with Gasteiger partial charge in [0.05, 0.1) is 23.2 Å². The molecule has 1 saturated heterocycles. The van der Waals surface area contributed by atoms with Gasteiger partial charge in [0.25, 0.3) is 0 Å². The van der Waals surface area contributed by atoms with E-state index in [1.165, 1.54) is 0 Å². The molecule has 1 fully saturated rings. The molecule has 172 valence electrons. The highest BCUT2D eigenvalue weighted by Gasteiger charge is 2.34. The standard InChI is InChI=1S/C29H23N3O2S/c30-19-29(11-13-34-14-12-29)21-7-4-8-22(15-21)35-23-9-10-24-25(20-5-2-1-3-6-20)17-27-31-28(33)18-32(27)26(24)16-23/h1-10,15-18,33H,11-14H2. The van der Waals surface area contributed by atoms with Crippen LogP contribution in [0.1, 0.15) is 18.4 Å². The van der Waals surface area contributed by atoms with Crippen LogP contribution in [-0.4, -0.2) is 27.7 Å². The SMILES string of the molecule is N#CC1(c2cccc(Sc3ccc4c(-c5ccccc5)cc5nc(O)cn5c4c3)c2)CCOCC1. The zero-order chi connectivity index (χ0) is 23.8. The molecule has 0 unspecified atom stereocenters. The number of hydrogen-bond acceptors (Lipinski definition) is 5. The van der Waals surface area contributed by atoms with E-state index in [4.69, 9.17) is 4.74 Å². The van der Waals surface area contributed by atoms with Gasteiger partial charge in [0.1, 0.15) is 5.65 Å². The van der Waals surface area contributed by atoms with Gasteiger partial charge in [0.15, 0.2) is 0 Å². The van der Waals surface area contributed by atoms with E-state index in [9.17, 15) is 10.4 Å². The molecule has 0 saturated carbocycles. The number of aromatic hydroxyl groups is 1. The minimum atomic E-state index is -0.483. The summed E-state index contributed by atoms with van der Waals surface area (Å²) in [6.07, 6.45) is 3.10. The second-order valence-electron chi connectivity index (χ2n) is 8.87. The van der Waals surface area contributed by atoms with Crippen molar-refractivity contribution in [3.8, 4) is 23.1 Å². The molecule has 0 amide bonds. The molecular weight excluding hydrogens is 454 g/mol. The number of ether oxygens (including phenoxy) is 1. The number of hydrogen-bond donors (Lipinski definition) is 1. The van der Waals surface area contributed by atoms with E-state index in [2.05, 4.69) is 59.6 Å². The molecule has 0 radical (unpaired) electrons. The number of imidazole rings is 1. The lowest BCUT2D eigenvalue weighted by Gasteiger charge is -2.31. The van der Waals surface area contributed by atoms with Gasteiger partial charge < -0.3 is 9.84 Å². The molecular formula is C29H23N3O2S. The summed E-state index contributed by atoms with van der Waals surface area (Å²) in [5.74, 6) is 0.000493. The second kappa shape index (κ2) is 8.77. The normalized spacial score (nSPS) is 15.3. The zero-order valence-corrected chi connectivity index (χ0v) is 19.8. The Bertz CT molecular complexity index is 1580. The molecule has 3 aromatic carbocycles. The molecule has 0 aliphatic carbocycles. The fraction of sp³-hybridized carbons (Fsp3) is 0.172. The highest BCUT2D eigenvalue weighted by atomic mass is 32.2. The molecule has 1 aliphatic heterocycles. The number of pyridine rings is 1. The number of nitrogens with zero attached hydrogens (tertiary/aromatic N) is 3. The first-order chi connectivity index (χ1) is 17.1. The highest BCUT2D eigenvalue weighted by molar-refractivity contribution is 7.99. The summed E-state index contributed by atoms with van der Waals surface area (Å²) in [5.41, 5.74) is 4.44. The van der Waals surface area contributed by atoms with Crippen molar-refractivity contribution in [3.05, 3.63) is 90.6 Å². The first kappa shape index (κ1) is 21.7. The van der Waals surface area contributed by atoms with Gasteiger partial charge in [0, 0.05) is 28.4 Å². The number of nitriles is 1. The quantitative estimate of drug-likeness (QED) is 0.316. The highest BCUT2D eigenvalue weighted by Crippen LogP contribution is 2.39. The molecule has 2 aromatic heterocycles. The number of rotatable bonds is 4. The van der Waals surface area contributed by atoms with Crippen molar-refractivity contribution in [3.63, 3.8) is 0 Å². The molecule has 3 heterocycles. The Morgan fingerprint density at radius 3 is 2.54 bits per heavy atom. The van der Waals surface area contributed by atoms with E-state index in [1.54, 1.807) is 18.0 Å². The molecule has 0 spiro atoms. The van der Waals surface area contributed by atoms with E-state index < -0.39 is 5.41 Å². The molecule has 6 heteroatoms. The van der Waals surface area contributed by atoms with Crippen LogP contribution >= 0.6 is 11.8 Å². The van der Waals surface area contributed by atoms with Crippen LogP contribution in [-0.2, 0) is 10.2 Å². The van der Waals surface area contributed by atoms with E-state index in [1.807, 2.05) is 34.7 Å². The Balaban J connectivity index is 1.43. The Morgan fingerprint density at radius 1 is 0.943 bits per heavy atom. The van der Waals surface area contributed by atoms with Crippen molar-refractivity contribution in [2.24, 2.45) is 0 Å². The van der Waals surface area contributed by atoms with Crippen molar-refractivity contribution in [1.82, 2.24) is 9.38 Å². The number of fused-ring (bicyclic) bond motifs is 3. The molecule has 6 rings (SSSR count). The minimum Gasteiger partial charge on any atom is -0.492 e. The van der Waals surface area contributed by atoms with Gasteiger partial charge in [-0.1, -0.05) is 60.3 Å². The van der Waals surface area contributed by atoms with Crippen molar-refractivity contribution in [1.29, 1.82) is 5.26 Å². The van der Waals surface area contributed by atoms with Gasteiger partial charge in [-0.15, -0.1) is 0 Å². The van der Waals surface area contributed by atoms with Crippen LogP contribution in [0.15, 0.2) is 94.9 Å². The lowest BCUT2D eigenvalue weighted by Crippen LogP contribution is -2.32. The van der Waals surface area contributed by atoms with Gasteiger partial charge in [0.2, 0.25) is 5.88 Å². The third-order valence-electron chi connectivity index (χ3n) is 6.78. The summed E-state index contributed by atoms with van der Waals surface area (Å²) in [4.78, 5) is 6.48. The van der Waals surface area contributed by atoms with Gasteiger partial charge in [-0.25, -0.2) is 0 Å². The zero-order valence-electron chi connectivity index (χ0n) is 19.0. The maximum absolute atomic E-state index is 10.1. The first-order valence-electron chi connectivity index (χ1n) is 11.6. The van der Waals surface area contributed by atoms with Crippen molar-refractivity contribution >= 4 is 28.3 Å². The Labute approximate surface area is 207 Å². The van der Waals surface area contributed by atoms with Gasteiger partial charge in [-0.05, 0) is 59.9 Å². The fourth-order valence-electron chi connectivity index (χ4n) is 4.92. The van der Waals surface area contributed by atoms with Gasteiger partial charge >= 0.3 is 0 Å². The first-order valence-corrected chi connectivity index (χ1v) is 12.4. The summed E-state index contributed by atoms with van der Waals surface area (Å²) < 4.78 is 7.45.